The molecule has 3 aromatic heterocycles. The number of anilines is 1. The maximum atomic E-state index is 12.3. The van der Waals surface area contributed by atoms with Gasteiger partial charge in [0.15, 0.2) is 11.4 Å². The predicted octanol–water partition coefficient (Wildman–Crippen LogP) is 1.71. The highest BCUT2D eigenvalue weighted by molar-refractivity contribution is 5.88. The van der Waals surface area contributed by atoms with Gasteiger partial charge in [-0.1, -0.05) is 18.2 Å². The standard InChI is InChI=1S/C21H19N7O2/c1-28-8-7-21(30,20(28)29)17-10-16(26-27-17)13-4-2-3-12(9-13)14-5-6-15-18(25-14)19(22)24-11-23-15/h2-6,9-11,30H,7-8H2,1H3,(H,26,27)(H2,22,23,24)/i11D. The summed E-state index contributed by atoms with van der Waals surface area (Å²) in [6.07, 6.45) is 0.155. The Balaban J connectivity index is 1.51. The summed E-state index contributed by atoms with van der Waals surface area (Å²) in [7, 11) is 1.66. The fourth-order valence-corrected chi connectivity index (χ4v) is 3.70. The second-order valence-corrected chi connectivity index (χ2v) is 7.36. The molecule has 1 unspecified atom stereocenters. The lowest BCUT2D eigenvalue weighted by Crippen LogP contribution is -2.36. The van der Waals surface area contributed by atoms with Gasteiger partial charge in [0.05, 0.1) is 16.9 Å². The Kier molecular flexibility index (Phi) is 3.75. The van der Waals surface area contributed by atoms with Gasteiger partial charge in [0.25, 0.3) is 5.91 Å². The molecule has 0 bridgehead atoms. The zero-order valence-corrected chi connectivity index (χ0v) is 16.1. The lowest BCUT2D eigenvalue weighted by Gasteiger charge is -2.17. The summed E-state index contributed by atoms with van der Waals surface area (Å²) in [5, 5.41) is 17.9. The predicted molar refractivity (Wildman–Crippen MR) is 111 cm³/mol. The number of fused-ring (bicyclic) bond motifs is 1. The average Bonchev–Trinajstić information content (AvgIpc) is 3.36. The van der Waals surface area contributed by atoms with E-state index < -0.39 is 5.60 Å². The molecule has 30 heavy (non-hydrogen) atoms. The molecule has 0 spiro atoms. The van der Waals surface area contributed by atoms with E-state index in [0.717, 1.165) is 11.1 Å². The molecule has 5 rings (SSSR count). The Morgan fingerprint density at radius 3 is 2.87 bits per heavy atom. The second-order valence-electron chi connectivity index (χ2n) is 7.36. The first-order valence-electron chi connectivity index (χ1n) is 9.91. The number of likely N-dealkylation sites (N-methyl/N-ethyl adjacent to an activating group) is 1. The number of rotatable bonds is 3. The lowest BCUT2D eigenvalue weighted by molar-refractivity contribution is -0.143. The molecule has 150 valence electrons. The van der Waals surface area contributed by atoms with E-state index in [1.807, 2.05) is 30.3 Å². The summed E-state index contributed by atoms with van der Waals surface area (Å²) in [5.74, 6) is -0.194. The molecule has 0 aliphatic carbocycles. The fourth-order valence-electron chi connectivity index (χ4n) is 3.70. The van der Waals surface area contributed by atoms with Crippen LogP contribution in [0.25, 0.3) is 33.5 Å². The molecule has 1 aromatic carbocycles. The van der Waals surface area contributed by atoms with Crippen LogP contribution < -0.4 is 5.73 Å². The van der Waals surface area contributed by atoms with Crippen molar-refractivity contribution in [2.45, 2.75) is 12.0 Å². The molecule has 1 fully saturated rings. The third-order valence-corrected chi connectivity index (χ3v) is 5.44. The van der Waals surface area contributed by atoms with Crippen molar-refractivity contribution in [2.24, 2.45) is 0 Å². The topological polar surface area (TPSA) is 134 Å². The van der Waals surface area contributed by atoms with E-state index in [-0.39, 0.29) is 18.0 Å². The number of aliphatic hydroxyl groups is 1. The molecule has 1 saturated heterocycles. The summed E-state index contributed by atoms with van der Waals surface area (Å²) in [6, 6.07) is 12.9. The monoisotopic (exact) mass is 402 g/mol. The van der Waals surface area contributed by atoms with Crippen molar-refractivity contribution >= 4 is 22.8 Å². The summed E-state index contributed by atoms with van der Waals surface area (Å²) >= 11 is 0. The largest absolute Gasteiger partial charge is 0.382 e. The van der Waals surface area contributed by atoms with Crippen LogP contribution in [0.4, 0.5) is 5.82 Å². The quantitative estimate of drug-likeness (QED) is 0.475. The highest BCUT2D eigenvalue weighted by Gasteiger charge is 2.47. The molecular formula is C21H19N7O2. The van der Waals surface area contributed by atoms with Gasteiger partial charge in [0.2, 0.25) is 0 Å². The van der Waals surface area contributed by atoms with E-state index in [1.165, 1.54) is 4.90 Å². The molecule has 1 atom stereocenters. The molecule has 1 aliphatic rings. The van der Waals surface area contributed by atoms with Crippen molar-refractivity contribution in [1.82, 2.24) is 30.0 Å². The number of likely N-dealkylation sites (tertiary alicyclic amines) is 1. The van der Waals surface area contributed by atoms with Gasteiger partial charge >= 0.3 is 0 Å². The SMILES string of the molecule is [2H]c1nc(N)c2nc(-c3cccc(-c4cc(C5(O)CCN(C)C5=O)n[nH]4)c3)ccc2n1. The Labute approximate surface area is 173 Å². The van der Waals surface area contributed by atoms with Crippen LogP contribution in [0.5, 0.6) is 0 Å². The van der Waals surface area contributed by atoms with Crippen molar-refractivity contribution in [2.75, 3.05) is 19.3 Å². The van der Waals surface area contributed by atoms with Crippen LogP contribution in [0.3, 0.4) is 0 Å². The number of amides is 1. The molecule has 9 heteroatoms. The van der Waals surface area contributed by atoms with Gasteiger partial charge < -0.3 is 15.7 Å². The maximum Gasteiger partial charge on any atom is 0.260 e. The number of nitrogen functional groups attached to an aromatic ring is 1. The van der Waals surface area contributed by atoms with Crippen molar-refractivity contribution in [3.8, 4) is 22.5 Å². The van der Waals surface area contributed by atoms with E-state index in [1.54, 1.807) is 19.2 Å². The van der Waals surface area contributed by atoms with Crippen LogP contribution >= 0.6 is 0 Å². The van der Waals surface area contributed by atoms with Gasteiger partial charge in [-0.3, -0.25) is 9.89 Å². The number of aromatic nitrogens is 5. The number of hydrogen-bond donors (Lipinski definition) is 3. The molecule has 1 amide bonds. The van der Waals surface area contributed by atoms with E-state index in [0.29, 0.717) is 41.1 Å². The summed E-state index contributed by atoms with van der Waals surface area (Å²) in [6.45, 7) is 0.481. The van der Waals surface area contributed by atoms with Gasteiger partial charge in [-0.15, -0.1) is 0 Å². The van der Waals surface area contributed by atoms with Crippen LogP contribution in [0.2, 0.25) is 0 Å². The number of aromatic amines is 1. The van der Waals surface area contributed by atoms with Crippen molar-refractivity contribution in [1.29, 1.82) is 0 Å². The van der Waals surface area contributed by atoms with E-state index in [4.69, 9.17) is 7.10 Å². The number of nitrogens with one attached hydrogen (secondary N) is 1. The van der Waals surface area contributed by atoms with Crippen LogP contribution in [0, 0.1) is 0 Å². The van der Waals surface area contributed by atoms with Crippen molar-refractivity contribution < 1.29 is 11.3 Å². The smallest absolute Gasteiger partial charge is 0.260 e. The molecule has 9 nitrogen and oxygen atoms in total. The molecule has 4 heterocycles. The summed E-state index contributed by atoms with van der Waals surface area (Å²) in [5.41, 5.74) is 8.58. The molecule has 0 saturated carbocycles. The number of nitrogens with two attached hydrogens (primary N) is 1. The number of carbonyl (C=O) groups excluding carboxylic acids is 1. The first-order chi connectivity index (χ1) is 14.8. The number of nitrogens with zero attached hydrogens (tertiary/aromatic N) is 5. The number of carbonyl (C=O) groups is 1. The minimum atomic E-state index is -1.60. The van der Waals surface area contributed by atoms with Crippen LogP contribution in [-0.2, 0) is 10.4 Å². The highest BCUT2D eigenvalue weighted by atomic mass is 16.3. The summed E-state index contributed by atoms with van der Waals surface area (Å²) in [4.78, 5) is 26.3. The Bertz CT molecular complexity index is 1340. The zero-order chi connectivity index (χ0) is 21.8. The third-order valence-electron chi connectivity index (χ3n) is 5.44. The molecule has 1 aliphatic heterocycles. The Hall–Kier alpha value is -3.85. The van der Waals surface area contributed by atoms with E-state index >= 15 is 0 Å². The molecule has 0 radical (unpaired) electrons. The van der Waals surface area contributed by atoms with Crippen molar-refractivity contribution in [3.05, 3.63) is 54.5 Å². The van der Waals surface area contributed by atoms with Crippen LogP contribution in [0.15, 0.2) is 48.8 Å². The van der Waals surface area contributed by atoms with E-state index in [9.17, 15) is 9.90 Å². The first kappa shape index (κ1) is 17.0. The van der Waals surface area contributed by atoms with Gasteiger partial charge in [-0.25, -0.2) is 15.0 Å². The number of H-pyrrole nitrogens is 1. The zero-order valence-electron chi connectivity index (χ0n) is 17.1. The van der Waals surface area contributed by atoms with Crippen LogP contribution in [-0.4, -0.2) is 54.7 Å². The Morgan fingerprint density at radius 2 is 2.07 bits per heavy atom. The molecule has 4 aromatic rings. The van der Waals surface area contributed by atoms with Gasteiger partial charge in [-0.2, -0.15) is 5.10 Å². The minimum Gasteiger partial charge on any atom is -0.382 e. The van der Waals surface area contributed by atoms with Gasteiger partial charge in [0, 0.05) is 31.1 Å². The van der Waals surface area contributed by atoms with Crippen LogP contribution in [0.1, 0.15) is 13.5 Å². The Morgan fingerprint density at radius 1 is 1.23 bits per heavy atom. The molecule has 4 N–H and O–H groups in total. The van der Waals surface area contributed by atoms with Crippen molar-refractivity contribution in [3.63, 3.8) is 0 Å². The van der Waals surface area contributed by atoms with Gasteiger partial charge in [-0.05, 0) is 24.3 Å². The molecular weight excluding hydrogens is 382 g/mol. The average molecular weight is 402 g/mol. The first-order valence-corrected chi connectivity index (χ1v) is 9.41. The van der Waals surface area contributed by atoms with Gasteiger partial charge in [0.1, 0.15) is 18.9 Å². The highest BCUT2D eigenvalue weighted by Crippen LogP contribution is 2.34. The lowest BCUT2D eigenvalue weighted by atomic mass is 9.97. The number of hydrogen-bond acceptors (Lipinski definition) is 7. The second kappa shape index (κ2) is 6.60. The normalized spacial score (nSPS) is 19.5. The summed E-state index contributed by atoms with van der Waals surface area (Å²) < 4.78 is 7.58. The van der Waals surface area contributed by atoms with E-state index in [2.05, 4.69) is 25.1 Å². The minimum absolute atomic E-state index is 0.148. The number of pyridine rings is 1. The third kappa shape index (κ3) is 2.79. The maximum absolute atomic E-state index is 12.3. The number of benzene rings is 1. The fraction of sp³-hybridized carbons (Fsp3) is 0.190.